The van der Waals surface area contributed by atoms with Gasteiger partial charge in [0.05, 0.1) is 17.7 Å². The highest BCUT2D eigenvalue weighted by Crippen LogP contribution is 2.24. The SMILES string of the molecule is C=C(/C=C(\C#N)C(=O)Nc1nc(-c2ccccc2)cs1)/N=C\NC. The van der Waals surface area contributed by atoms with Crippen LogP contribution < -0.4 is 10.6 Å². The van der Waals surface area contributed by atoms with Crippen molar-refractivity contribution in [2.24, 2.45) is 4.99 Å². The number of nitrogens with zero attached hydrogens (tertiary/aromatic N) is 3. The third-order valence-corrected chi connectivity index (χ3v) is 3.59. The van der Waals surface area contributed by atoms with Crippen molar-refractivity contribution in [3.8, 4) is 17.3 Å². The van der Waals surface area contributed by atoms with Crippen molar-refractivity contribution in [3.05, 3.63) is 59.6 Å². The predicted octanol–water partition coefficient (Wildman–Crippen LogP) is 2.96. The molecule has 0 radical (unpaired) electrons. The fourth-order valence-corrected chi connectivity index (χ4v) is 2.45. The van der Waals surface area contributed by atoms with Crippen molar-refractivity contribution in [2.45, 2.75) is 0 Å². The largest absolute Gasteiger partial charge is 0.379 e. The number of benzene rings is 1. The number of amides is 1. The summed E-state index contributed by atoms with van der Waals surface area (Å²) in [6, 6.07) is 11.5. The summed E-state index contributed by atoms with van der Waals surface area (Å²) in [5.74, 6) is -0.549. The highest BCUT2D eigenvalue weighted by Gasteiger charge is 2.12. The van der Waals surface area contributed by atoms with Gasteiger partial charge >= 0.3 is 0 Å². The summed E-state index contributed by atoms with van der Waals surface area (Å²) in [6.07, 6.45) is 2.73. The highest BCUT2D eigenvalue weighted by atomic mass is 32.1. The van der Waals surface area contributed by atoms with Gasteiger partial charge in [0, 0.05) is 18.0 Å². The highest BCUT2D eigenvalue weighted by molar-refractivity contribution is 7.14. The Balaban J connectivity index is 2.10. The van der Waals surface area contributed by atoms with E-state index in [1.807, 2.05) is 41.8 Å². The minimum Gasteiger partial charge on any atom is -0.379 e. The molecule has 2 rings (SSSR count). The topological polar surface area (TPSA) is 90.2 Å². The standard InChI is InChI=1S/C17H15N5OS/c1-12(20-11-19-2)8-14(9-18)16(23)22-17-21-15(10-24-17)13-6-4-3-5-7-13/h3-8,10-11H,1H2,2H3,(H,19,20)(H,21,22,23)/b14-8+. The summed E-state index contributed by atoms with van der Waals surface area (Å²) in [6.45, 7) is 3.65. The van der Waals surface area contributed by atoms with Crippen molar-refractivity contribution in [2.75, 3.05) is 12.4 Å². The number of aliphatic imine (C=N–C) groups is 1. The van der Waals surface area contributed by atoms with Crippen molar-refractivity contribution in [3.63, 3.8) is 0 Å². The number of carbonyl (C=O) groups is 1. The van der Waals surface area contributed by atoms with Crippen molar-refractivity contribution in [1.29, 1.82) is 5.26 Å². The Labute approximate surface area is 143 Å². The molecule has 2 aromatic rings. The van der Waals surface area contributed by atoms with Crippen LogP contribution in [-0.4, -0.2) is 24.3 Å². The predicted molar refractivity (Wildman–Crippen MR) is 96.6 cm³/mol. The lowest BCUT2D eigenvalue weighted by atomic mass is 10.2. The molecule has 0 aliphatic rings. The van der Waals surface area contributed by atoms with E-state index in [0.29, 0.717) is 10.8 Å². The van der Waals surface area contributed by atoms with Gasteiger partial charge in [0.25, 0.3) is 5.91 Å². The number of nitriles is 1. The number of hydrogen-bond acceptors (Lipinski definition) is 5. The van der Waals surface area contributed by atoms with Gasteiger partial charge in [-0.05, 0) is 6.08 Å². The summed E-state index contributed by atoms with van der Waals surface area (Å²) in [7, 11) is 1.69. The zero-order valence-corrected chi connectivity index (χ0v) is 13.8. The van der Waals surface area contributed by atoms with Crippen LogP contribution >= 0.6 is 11.3 Å². The number of nitrogens with one attached hydrogen (secondary N) is 2. The summed E-state index contributed by atoms with van der Waals surface area (Å²) in [5.41, 5.74) is 1.92. The number of anilines is 1. The molecule has 24 heavy (non-hydrogen) atoms. The van der Waals surface area contributed by atoms with Gasteiger partial charge in [-0.1, -0.05) is 36.9 Å². The Hall–Kier alpha value is -3.24. The zero-order chi connectivity index (χ0) is 17.4. The molecule has 6 nitrogen and oxygen atoms in total. The van der Waals surface area contributed by atoms with Gasteiger partial charge < -0.3 is 5.32 Å². The van der Waals surface area contributed by atoms with E-state index in [1.165, 1.54) is 23.8 Å². The van der Waals surface area contributed by atoms with Gasteiger partial charge in [-0.25, -0.2) is 9.98 Å². The maximum absolute atomic E-state index is 12.2. The van der Waals surface area contributed by atoms with Crippen LogP contribution in [-0.2, 0) is 4.79 Å². The number of thiazole rings is 1. The maximum atomic E-state index is 12.2. The Morgan fingerprint density at radius 2 is 2.17 bits per heavy atom. The number of allylic oxidation sites excluding steroid dienone is 1. The number of aromatic nitrogens is 1. The lowest BCUT2D eigenvalue weighted by Gasteiger charge is -2.00. The number of hydrogen-bond donors (Lipinski definition) is 2. The molecule has 0 bridgehead atoms. The van der Waals surface area contributed by atoms with Crippen molar-refractivity contribution >= 4 is 28.7 Å². The quantitative estimate of drug-likeness (QED) is 0.279. The maximum Gasteiger partial charge on any atom is 0.268 e. The summed E-state index contributed by atoms with van der Waals surface area (Å²) >= 11 is 1.29. The smallest absolute Gasteiger partial charge is 0.268 e. The van der Waals surface area contributed by atoms with E-state index in [4.69, 9.17) is 5.26 Å². The molecule has 2 N–H and O–H groups in total. The van der Waals surface area contributed by atoms with Crippen LogP contribution in [0.3, 0.4) is 0 Å². The van der Waals surface area contributed by atoms with Crippen LogP contribution in [0.2, 0.25) is 0 Å². The van der Waals surface area contributed by atoms with E-state index in [-0.39, 0.29) is 5.57 Å². The molecule has 0 aliphatic carbocycles. The lowest BCUT2D eigenvalue weighted by molar-refractivity contribution is -0.112. The minimum atomic E-state index is -0.549. The fourth-order valence-electron chi connectivity index (χ4n) is 1.74. The fraction of sp³-hybridized carbons (Fsp3) is 0.0588. The van der Waals surface area contributed by atoms with Crippen LogP contribution in [0.1, 0.15) is 0 Å². The van der Waals surface area contributed by atoms with Crippen LogP contribution in [0.5, 0.6) is 0 Å². The number of rotatable bonds is 6. The van der Waals surface area contributed by atoms with E-state index in [0.717, 1.165) is 11.3 Å². The third kappa shape index (κ3) is 4.63. The summed E-state index contributed by atoms with van der Waals surface area (Å²) in [4.78, 5) is 20.4. The average molecular weight is 337 g/mol. The van der Waals surface area contributed by atoms with Gasteiger partial charge in [-0.15, -0.1) is 11.3 Å². The van der Waals surface area contributed by atoms with Gasteiger partial charge in [0.15, 0.2) is 5.13 Å². The first-order chi connectivity index (χ1) is 11.6. The van der Waals surface area contributed by atoms with E-state index in [9.17, 15) is 4.79 Å². The van der Waals surface area contributed by atoms with Crippen LogP contribution in [0.4, 0.5) is 5.13 Å². The molecule has 0 spiro atoms. The van der Waals surface area contributed by atoms with Gasteiger partial charge in [0.1, 0.15) is 11.6 Å². The van der Waals surface area contributed by atoms with E-state index in [1.54, 1.807) is 7.05 Å². The average Bonchev–Trinajstić information content (AvgIpc) is 3.07. The second kappa shape index (κ2) is 8.41. The molecule has 7 heteroatoms. The first-order valence-corrected chi connectivity index (χ1v) is 7.85. The second-order valence-corrected chi connectivity index (χ2v) is 5.42. The molecule has 0 aliphatic heterocycles. The first kappa shape index (κ1) is 17.1. The molecule has 0 saturated carbocycles. The molecule has 1 aromatic heterocycles. The van der Waals surface area contributed by atoms with E-state index in [2.05, 4.69) is 27.2 Å². The van der Waals surface area contributed by atoms with Gasteiger partial charge in [-0.2, -0.15) is 5.26 Å². The monoisotopic (exact) mass is 337 g/mol. The Morgan fingerprint density at radius 1 is 1.42 bits per heavy atom. The molecule has 1 aromatic carbocycles. The van der Waals surface area contributed by atoms with Crippen LogP contribution in [0.15, 0.2) is 64.6 Å². The normalized spacial score (nSPS) is 11.1. The van der Waals surface area contributed by atoms with Crippen molar-refractivity contribution in [1.82, 2.24) is 10.3 Å². The minimum absolute atomic E-state index is 0.0929. The Morgan fingerprint density at radius 3 is 2.83 bits per heavy atom. The Kier molecular flexibility index (Phi) is 6.00. The molecular formula is C17H15N5OS. The number of carbonyl (C=O) groups excluding carboxylic acids is 1. The van der Waals surface area contributed by atoms with Gasteiger partial charge in [-0.3, -0.25) is 10.1 Å². The van der Waals surface area contributed by atoms with Crippen molar-refractivity contribution < 1.29 is 4.79 Å². The molecule has 120 valence electrons. The molecule has 1 heterocycles. The van der Waals surface area contributed by atoms with Crippen LogP contribution in [0, 0.1) is 11.3 Å². The van der Waals surface area contributed by atoms with E-state index >= 15 is 0 Å². The zero-order valence-electron chi connectivity index (χ0n) is 13.0. The summed E-state index contributed by atoms with van der Waals surface area (Å²) in [5, 5.41) is 16.7. The molecule has 0 saturated heterocycles. The third-order valence-electron chi connectivity index (χ3n) is 2.83. The Bertz CT molecular complexity index is 830. The lowest BCUT2D eigenvalue weighted by Crippen LogP contribution is -2.13. The molecular weight excluding hydrogens is 322 g/mol. The summed E-state index contributed by atoms with van der Waals surface area (Å²) < 4.78 is 0. The molecule has 0 atom stereocenters. The first-order valence-electron chi connectivity index (χ1n) is 6.97. The molecule has 1 amide bonds. The molecule has 0 unspecified atom stereocenters. The van der Waals surface area contributed by atoms with E-state index < -0.39 is 5.91 Å². The van der Waals surface area contributed by atoms with Crippen LogP contribution in [0.25, 0.3) is 11.3 Å². The molecule has 0 fully saturated rings. The van der Waals surface area contributed by atoms with Gasteiger partial charge in [0.2, 0.25) is 0 Å². The second-order valence-electron chi connectivity index (χ2n) is 4.57.